The number of carbonyl (C=O) groups is 2. The number of aromatic nitrogens is 5. The van der Waals surface area contributed by atoms with Crippen molar-refractivity contribution >= 4 is 17.5 Å². The second-order valence-electron chi connectivity index (χ2n) is 9.79. The number of hydrogen-bond donors (Lipinski definition) is 1. The molecular formula is C29H31N7O2. The minimum atomic E-state index is -0.881. The smallest absolute Gasteiger partial charge is 0.251 e. The molecule has 0 unspecified atom stereocenters. The third-order valence-electron chi connectivity index (χ3n) is 6.82. The van der Waals surface area contributed by atoms with Crippen LogP contribution in [0, 0.1) is 13.8 Å². The van der Waals surface area contributed by atoms with Crippen molar-refractivity contribution < 1.29 is 9.59 Å². The average molecular weight is 510 g/mol. The Labute approximate surface area is 221 Å². The van der Waals surface area contributed by atoms with E-state index in [1.807, 2.05) is 62.4 Å². The van der Waals surface area contributed by atoms with Gasteiger partial charge in [-0.3, -0.25) is 19.5 Å². The first kappa shape index (κ1) is 25.3. The van der Waals surface area contributed by atoms with Crippen LogP contribution in [-0.2, 0) is 16.1 Å². The zero-order valence-corrected chi connectivity index (χ0v) is 21.6. The number of hydrogen-bond acceptors (Lipinski definition) is 6. The zero-order valence-electron chi connectivity index (χ0n) is 21.6. The van der Waals surface area contributed by atoms with Gasteiger partial charge < -0.3 is 5.32 Å². The van der Waals surface area contributed by atoms with E-state index in [4.69, 9.17) is 0 Å². The number of tetrazole rings is 1. The normalized spacial score (nSPS) is 14.3. The van der Waals surface area contributed by atoms with Crippen LogP contribution < -0.4 is 10.2 Å². The predicted molar refractivity (Wildman–Crippen MR) is 144 cm³/mol. The van der Waals surface area contributed by atoms with Crippen LogP contribution in [0.15, 0.2) is 73.1 Å². The van der Waals surface area contributed by atoms with Gasteiger partial charge in [0.05, 0.1) is 0 Å². The van der Waals surface area contributed by atoms with Crippen molar-refractivity contribution in [3.05, 3.63) is 89.7 Å². The van der Waals surface area contributed by atoms with Gasteiger partial charge in [-0.25, -0.2) is 0 Å². The number of aryl methyl sites for hydroxylation is 2. The molecule has 0 saturated heterocycles. The lowest BCUT2D eigenvalue weighted by atomic mass is 10.0. The first-order valence-corrected chi connectivity index (χ1v) is 12.9. The summed E-state index contributed by atoms with van der Waals surface area (Å²) in [5.41, 5.74) is 4.22. The topological polar surface area (TPSA) is 106 Å². The predicted octanol–water partition coefficient (Wildman–Crippen LogP) is 4.19. The summed E-state index contributed by atoms with van der Waals surface area (Å²) in [6.07, 6.45) is 7.34. The maximum absolute atomic E-state index is 14.0. The Morgan fingerprint density at radius 1 is 1.00 bits per heavy atom. The molecule has 5 rings (SSSR count). The quantitative estimate of drug-likeness (QED) is 0.382. The van der Waals surface area contributed by atoms with Crippen LogP contribution in [0.1, 0.15) is 48.4 Å². The van der Waals surface area contributed by atoms with E-state index in [1.54, 1.807) is 29.4 Å². The summed E-state index contributed by atoms with van der Waals surface area (Å²) in [5.74, 6) is -0.110. The zero-order chi connectivity index (χ0) is 26.5. The van der Waals surface area contributed by atoms with E-state index in [-0.39, 0.29) is 24.4 Å². The monoisotopic (exact) mass is 509 g/mol. The van der Waals surface area contributed by atoms with E-state index >= 15 is 0 Å². The number of nitrogens with one attached hydrogen (secondary N) is 1. The minimum Gasteiger partial charge on any atom is -0.351 e. The van der Waals surface area contributed by atoms with Gasteiger partial charge in [0, 0.05) is 29.7 Å². The first-order chi connectivity index (χ1) is 18.5. The van der Waals surface area contributed by atoms with Crippen molar-refractivity contribution in [1.29, 1.82) is 0 Å². The van der Waals surface area contributed by atoms with Crippen LogP contribution >= 0.6 is 0 Å². The molecule has 0 bridgehead atoms. The highest BCUT2D eigenvalue weighted by Gasteiger charge is 2.34. The molecule has 2 heterocycles. The van der Waals surface area contributed by atoms with E-state index in [2.05, 4.69) is 25.7 Å². The molecule has 1 N–H and O–H groups in total. The van der Waals surface area contributed by atoms with Gasteiger partial charge in [-0.2, -0.15) is 4.80 Å². The van der Waals surface area contributed by atoms with Crippen LogP contribution in [0.5, 0.6) is 0 Å². The first-order valence-electron chi connectivity index (χ1n) is 12.9. The highest BCUT2D eigenvalue weighted by Crippen LogP contribution is 2.30. The minimum absolute atomic E-state index is 0.107. The fourth-order valence-electron chi connectivity index (χ4n) is 4.85. The highest BCUT2D eigenvalue weighted by atomic mass is 16.2. The van der Waals surface area contributed by atoms with Crippen molar-refractivity contribution in [1.82, 2.24) is 30.5 Å². The summed E-state index contributed by atoms with van der Waals surface area (Å²) in [6, 6.07) is 18.2. The van der Waals surface area contributed by atoms with Crippen molar-refractivity contribution in [2.24, 2.45) is 0 Å². The Hall–Kier alpha value is -4.40. The fourth-order valence-corrected chi connectivity index (χ4v) is 4.85. The Morgan fingerprint density at radius 3 is 2.45 bits per heavy atom. The second-order valence-corrected chi connectivity index (χ2v) is 9.79. The molecule has 4 aromatic rings. The number of rotatable bonds is 8. The molecule has 1 atom stereocenters. The standard InChI is InChI=1S/C29H31N7O2/c1-20-10-12-23(13-11-20)28-32-34-35(33-28)19-26(37)36(25-9-5-6-21(2)18-25)27(22-14-16-30-17-15-22)29(38)31-24-7-3-4-8-24/h5-6,9-18,24,27H,3-4,7-8,19H2,1-2H3,(H,31,38)/t27-/m0/s1. The van der Waals surface area contributed by atoms with Crippen molar-refractivity contribution in [3.63, 3.8) is 0 Å². The summed E-state index contributed by atoms with van der Waals surface area (Å²) in [6.45, 7) is 3.79. The number of anilines is 1. The average Bonchev–Trinajstić information content (AvgIpc) is 3.60. The Morgan fingerprint density at radius 2 is 1.74 bits per heavy atom. The molecule has 0 spiro atoms. The number of pyridine rings is 1. The number of nitrogens with zero attached hydrogens (tertiary/aromatic N) is 6. The molecule has 1 fully saturated rings. The fraction of sp³-hybridized carbons (Fsp3) is 0.310. The number of amides is 2. The third kappa shape index (κ3) is 5.77. The van der Waals surface area contributed by atoms with Gasteiger partial charge in [-0.05, 0) is 67.3 Å². The molecule has 2 amide bonds. The third-order valence-corrected chi connectivity index (χ3v) is 6.82. The van der Waals surface area contributed by atoms with Gasteiger partial charge in [0.1, 0.15) is 12.6 Å². The molecular weight excluding hydrogens is 478 g/mol. The van der Waals surface area contributed by atoms with Gasteiger partial charge >= 0.3 is 0 Å². The summed E-state index contributed by atoms with van der Waals surface area (Å²) < 4.78 is 0. The Kier molecular flexibility index (Phi) is 7.53. The highest BCUT2D eigenvalue weighted by molar-refractivity contribution is 6.01. The Bertz CT molecular complexity index is 1400. The summed E-state index contributed by atoms with van der Waals surface area (Å²) in [4.78, 5) is 34.7. The van der Waals surface area contributed by atoms with Crippen LogP contribution in [0.25, 0.3) is 11.4 Å². The van der Waals surface area contributed by atoms with Crippen LogP contribution in [-0.4, -0.2) is 43.0 Å². The largest absolute Gasteiger partial charge is 0.351 e. The summed E-state index contributed by atoms with van der Waals surface area (Å²) >= 11 is 0. The van der Waals surface area contributed by atoms with Gasteiger partial charge in [-0.1, -0.05) is 54.8 Å². The van der Waals surface area contributed by atoms with Gasteiger partial charge in [0.2, 0.25) is 11.7 Å². The van der Waals surface area contributed by atoms with Crippen molar-refractivity contribution in [2.45, 2.75) is 58.2 Å². The molecule has 38 heavy (non-hydrogen) atoms. The molecule has 9 heteroatoms. The van der Waals surface area contributed by atoms with Crippen LogP contribution in [0.4, 0.5) is 5.69 Å². The van der Waals surface area contributed by atoms with Crippen molar-refractivity contribution in [2.75, 3.05) is 4.90 Å². The SMILES string of the molecule is Cc1ccc(-c2nnn(CC(=O)N(c3cccc(C)c3)[C@H](C(=O)NC3CCCC3)c3ccncc3)n2)cc1. The molecule has 2 aromatic heterocycles. The lowest BCUT2D eigenvalue weighted by molar-refractivity contribution is -0.127. The van der Waals surface area contributed by atoms with E-state index in [0.29, 0.717) is 17.1 Å². The molecule has 1 aliphatic carbocycles. The Balaban J connectivity index is 1.49. The van der Waals surface area contributed by atoms with Crippen LogP contribution in [0.2, 0.25) is 0 Å². The second kappa shape index (κ2) is 11.3. The molecule has 0 radical (unpaired) electrons. The van der Waals surface area contributed by atoms with E-state index in [0.717, 1.165) is 42.4 Å². The van der Waals surface area contributed by atoms with E-state index < -0.39 is 6.04 Å². The number of benzene rings is 2. The molecule has 1 aliphatic rings. The van der Waals surface area contributed by atoms with Gasteiger partial charge in [-0.15, -0.1) is 10.2 Å². The number of carbonyl (C=O) groups excluding carboxylic acids is 2. The van der Waals surface area contributed by atoms with E-state index in [9.17, 15) is 9.59 Å². The van der Waals surface area contributed by atoms with Crippen LogP contribution in [0.3, 0.4) is 0 Å². The summed E-state index contributed by atoms with van der Waals surface area (Å²) in [5, 5.41) is 15.9. The maximum Gasteiger partial charge on any atom is 0.251 e. The van der Waals surface area contributed by atoms with E-state index in [1.165, 1.54) is 4.80 Å². The molecule has 1 saturated carbocycles. The van der Waals surface area contributed by atoms with Crippen molar-refractivity contribution in [3.8, 4) is 11.4 Å². The lowest BCUT2D eigenvalue weighted by Gasteiger charge is -2.32. The maximum atomic E-state index is 14.0. The van der Waals surface area contributed by atoms with Gasteiger partial charge in [0.15, 0.2) is 0 Å². The molecule has 9 nitrogen and oxygen atoms in total. The lowest BCUT2D eigenvalue weighted by Crippen LogP contribution is -2.47. The summed E-state index contributed by atoms with van der Waals surface area (Å²) in [7, 11) is 0. The molecule has 2 aromatic carbocycles. The molecule has 194 valence electrons. The van der Waals surface area contributed by atoms with Gasteiger partial charge in [0.25, 0.3) is 5.91 Å². The molecule has 0 aliphatic heterocycles.